The van der Waals surface area contributed by atoms with Crippen LogP contribution in [0.25, 0.3) is 0 Å². The minimum Gasteiger partial charge on any atom is -0.222 e. The van der Waals surface area contributed by atoms with Gasteiger partial charge in [-0.1, -0.05) is 63.5 Å². The van der Waals surface area contributed by atoms with E-state index >= 15 is 0 Å². The first-order chi connectivity index (χ1) is 16.9. The number of halogens is 2. The van der Waals surface area contributed by atoms with Crippen molar-refractivity contribution in [3.63, 3.8) is 0 Å². The van der Waals surface area contributed by atoms with Crippen LogP contribution in [0, 0.1) is 20.5 Å². The second-order valence-electron chi connectivity index (χ2n) is 8.23. The van der Waals surface area contributed by atoms with Crippen LogP contribution in [0.3, 0.4) is 0 Å². The molecule has 206 valence electrons. The lowest BCUT2D eigenvalue weighted by Crippen LogP contribution is -2.68. The molecule has 0 aliphatic carbocycles. The van der Waals surface area contributed by atoms with Crippen LogP contribution in [-0.2, 0) is 13.1 Å². The molecule has 2 aromatic heterocycles. The van der Waals surface area contributed by atoms with E-state index in [1.54, 1.807) is 0 Å². The maximum Gasteiger partial charge on any atom is 0.168 e. The first kappa shape index (κ1) is 34.6. The lowest BCUT2D eigenvalue weighted by atomic mass is 10.1. The van der Waals surface area contributed by atoms with E-state index in [4.69, 9.17) is 37.3 Å². The van der Waals surface area contributed by atoms with E-state index in [1.807, 2.05) is 0 Å². The highest BCUT2D eigenvalue weighted by molar-refractivity contribution is 4.84. The Kier molecular flexibility index (Phi) is 20.8. The fraction of sp³-hybridized carbons (Fsp3) is 0.583. The lowest BCUT2D eigenvalue weighted by molar-refractivity contribution is -2.00. The molecule has 12 heteroatoms. The smallest absolute Gasteiger partial charge is 0.168 e. The van der Waals surface area contributed by atoms with Crippen molar-refractivity contribution < 1.29 is 66.9 Å². The van der Waals surface area contributed by atoms with Crippen LogP contribution < -0.4 is 46.4 Å². The van der Waals surface area contributed by atoms with E-state index in [0.717, 1.165) is 0 Å². The zero-order valence-electron chi connectivity index (χ0n) is 20.6. The number of hydrogen-bond acceptors (Lipinski definition) is 8. The largest absolute Gasteiger partial charge is 0.222 e. The summed E-state index contributed by atoms with van der Waals surface area (Å²) in [6.07, 6.45) is 25.5. The molecule has 0 N–H and O–H groups in total. The van der Waals surface area contributed by atoms with E-state index in [0.29, 0.717) is 0 Å². The topological polar surface area (TPSA) is 192 Å². The molecule has 0 spiro atoms. The molecule has 0 unspecified atom stereocenters. The molecule has 0 fully saturated rings. The number of aryl methyl sites for hydroxylation is 2. The number of aromatic nitrogens is 2. The Balaban J connectivity index is 0.00000104. The summed E-state index contributed by atoms with van der Waals surface area (Å²) < 4.78 is 72.5. The van der Waals surface area contributed by atoms with Gasteiger partial charge in [-0.3, -0.25) is 0 Å². The van der Waals surface area contributed by atoms with Crippen molar-refractivity contribution in [2.24, 2.45) is 0 Å². The Bertz CT molecular complexity index is 657. The van der Waals surface area contributed by atoms with Crippen LogP contribution in [0.5, 0.6) is 0 Å². The predicted molar refractivity (Wildman–Crippen MR) is 109 cm³/mol. The minimum absolute atomic E-state index is 1.17. The standard InChI is InChI=1S/C24H38N2.2ClHO4/c1(3-5-7-9-13-19-25-21-15-11-16-22-25)2-4-6-8-10-14-20-26-23-17-12-18-24-26;2*2-1(3,4)5/h11-12,15-18,21-24H,1-10,13-14,19-20H2;2*(H,2,3,4,5)/q+2;;/p-2. The summed E-state index contributed by atoms with van der Waals surface area (Å²) in [6, 6.07) is 12.6. The zero-order chi connectivity index (χ0) is 27.1. The van der Waals surface area contributed by atoms with Crippen LogP contribution in [0.1, 0.15) is 77.0 Å². The highest BCUT2D eigenvalue weighted by Crippen LogP contribution is 2.12. The molecule has 0 amide bonds. The van der Waals surface area contributed by atoms with E-state index in [9.17, 15) is 0 Å². The molecule has 2 aromatic rings. The molecule has 0 aliphatic heterocycles. The van der Waals surface area contributed by atoms with Crippen LogP contribution in [0.15, 0.2) is 61.2 Å². The van der Waals surface area contributed by atoms with Gasteiger partial charge in [0.15, 0.2) is 24.8 Å². The van der Waals surface area contributed by atoms with Gasteiger partial charge in [0, 0.05) is 37.1 Å². The summed E-state index contributed by atoms with van der Waals surface area (Å²) in [7, 11) is -9.89. The van der Waals surface area contributed by atoms with Crippen LogP contribution in [0.4, 0.5) is 0 Å². The highest BCUT2D eigenvalue weighted by Gasteiger charge is 1.99. The molecule has 0 saturated heterocycles. The van der Waals surface area contributed by atoms with E-state index in [-0.39, 0.29) is 0 Å². The van der Waals surface area contributed by atoms with Gasteiger partial charge in [0.2, 0.25) is 0 Å². The van der Waals surface area contributed by atoms with E-state index in [1.165, 1.54) is 90.1 Å². The molecule has 0 bridgehead atoms. The highest BCUT2D eigenvalue weighted by atomic mass is 35.7. The molecule has 0 radical (unpaired) electrons. The molecule has 2 heterocycles. The zero-order valence-corrected chi connectivity index (χ0v) is 22.1. The average molecular weight is 553 g/mol. The van der Waals surface area contributed by atoms with Gasteiger partial charge in [-0.15, -0.1) is 20.5 Å². The van der Waals surface area contributed by atoms with Crippen molar-refractivity contribution in [2.75, 3.05) is 0 Å². The number of rotatable bonds is 15. The molecule has 0 aromatic carbocycles. The third kappa shape index (κ3) is 32.6. The predicted octanol–water partition coefficient (Wildman–Crippen LogP) is -3.87. The van der Waals surface area contributed by atoms with E-state index < -0.39 is 20.5 Å². The molecule has 0 aliphatic rings. The molecular formula is C24H38Cl2N2O8. The fourth-order valence-electron chi connectivity index (χ4n) is 3.52. The normalized spacial score (nSPS) is 11.2. The lowest BCUT2D eigenvalue weighted by Gasteiger charge is -2.17. The third-order valence-electron chi connectivity index (χ3n) is 5.14. The SMILES string of the molecule is [O-][Cl+3]([O-])([O-])[O-].[O-][Cl+3]([O-])([O-])[O-].c1cc[n+](CCCCCCCCCCCCCC[n+]2ccccc2)cc1. The number of hydrogen-bond donors (Lipinski definition) is 0. The Morgan fingerprint density at radius 1 is 0.333 bits per heavy atom. The van der Waals surface area contributed by atoms with Crippen LogP contribution in [0.2, 0.25) is 0 Å². The van der Waals surface area contributed by atoms with Crippen molar-refractivity contribution >= 4 is 0 Å². The molecular weight excluding hydrogens is 515 g/mol. The summed E-state index contributed by atoms with van der Waals surface area (Å²) in [5.74, 6) is 0. The van der Waals surface area contributed by atoms with Gasteiger partial charge >= 0.3 is 0 Å². The second-order valence-corrected chi connectivity index (χ2v) is 9.74. The molecule has 36 heavy (non-hydrogen) atoms. The average Bonchev–Trinajstić information content (AvgIpc) is 2.78. The number of unbranched alkanes of at least 4 members (excludes halogenated alkanes) is 11. The van der Waals surface area contributed by atoms with Gasteiger partial charge in [0.25, 0.3) is 0 Å². The van der Waals surface area contributed by atoms with Gasteiger partial charge in [-0.05, 0) is 12.8 Å². The second kappa shape index (κ2) is 21.6. The van der Waals surface area contributed by atoms with Crippen LogP contribution >= 0.6 is 0 Å². The van der Waals surface area contributed by atoms with Crippen molar-refractivity contribution in [2.45, 2.75) is 90.1 Å². The summed E-state index contributed by atoms with van der Waals surface area (Å²) in [5.41, 5.74) is 0. The Morgan fingerprint density at radius 2 is 0.528 bits per heavy atom. The van der Waals surface area contributed by atoms with Crippen molar-refractivity contribution in [1.29, 1.82) is 0 Å². The molecule has 0 atom stereocenters. The molecule has 2 rings (SSSR count). The summed E-state index contributed by atoms with van der Waals surface area (Å²) in [5, 5.41) is 0. The monoisotopic (exact) mass is 552 g/mol. The van der Waals surface area contributed by atoms with Gasteiger partial charge in [0.1, 0.15) is 13.1 Å². The van der Waals surface area contributed by atoms with Crippen LogP contribution in [-0.4, -0.2) is 0 Å². The summed E-state index contributed by atoms with van der Waals surface area (Å²) >= 11 is 0. The van der Waals surface area contributed by atoms with Crippen molar-refractivity contribution in [3.05, 3.63) is 61.2 Å². The van der Waals surface area contributed by atoms with Gasteiger partial charge in [-0.25, -0.2) is 46.4 Å². The number of nitrogens with zero attached hydrogens (tertiary/aromatic N) is 2. The summed E-state index contributed by atoms with van der Waals surface area (Å²) in [4.78, 5) is 0. The van der Waals surface area contributed by atoms with Gasteiger partial charge in [-0.2, -0.15) is 0 Å². The minimum atomic E-state index is -4.94. The maximum atomic E-state index is 8.49. The Labute approximate surface area is 218 Å². The Morgan fingerprint density at radius 3 is 0.750 bits per heavy atom. The van der Waals surface area contributed by atoms with Gasteiger partial charge in [0.05, 0.1) is 0 Å². The molecule has 0 saturated carbocycles. The summed E-state index contributed by atoms with van der Waals surface area (Å²) in [6.45, 7) is 2.34. The Hall–Kier alpha value is -1.44. The maximum absolute atomic E-state index is 8.49. The number of pyridine rings is 2. The molecule has 10 nitrogen and oxygen atoms in total. The van der Waals surface area contributed by atoms with Crippen molar-refractivity contribution in [1.82, 2.24) is 0 Å². The third-order valence-corrected chi connectivity index (χ3v) is 5.14. The first-order valence-corrected chi connectivity index (χ1v) is 14.5. The van der Waals surface area contributed by atoms with Crippen molar-refractivity contribution in [3.8, 4) is 0 Å². The first-order valence-electron chi connectivity index (χ1n) is 12.1. The quantitative estimate of drug-likeness (QED) is 0.158. The van der Waals surface area contributed by atoms with E-state index in [2.05, 4.69) is 70.3 Å². The van der Waals surface area contributed by atoms with Gasteiger partial charge < -0.3 is 0 Å². The fourth-order valence-corrected chi connectivity index (χ4v) is 3.52.